The maximum Gasteiger partial charge on any atom is 0.225 e. The number of carbonyl (C=O) groups is 2. The Morgan fingerprint density at radius 1 is 1.14 bits per heavy atom. The van der Waals surface area contributed by atoms with E-state index in [9.17, 15) is 9.59 Å². The summed E-state index contributed by atoms with van der Waals surface area (Å²) in [6.45, 7) is 7.59. The molecule has 2 amide bonds. The molecule has 0 saturated carbocycles. The minimum atomic E-state index is -0.380. The normalized spacial score (nSPS) is 11.2. The van der Waals surface area contributed by atoms with E-state index < -0.39 is 0 Å². The maximum absolute atomic E-state index is 11.6. The van der Waals surface area contributed by atoms with Crippen molar-refractivity contribution in [2.45, 2.75) is 46.6 Å². The smallest absolute Gasteiger partial charge is 0.225 e. The van der Waals surface area contributed by atoms with E-state index in [2.05, 4.69) is 15.7 Å². The van der Waals surface area contributed by atoms with Crippen molar-refractivity contribution in [2.75, 3.05) is 13.1 Å². The Morgan fingerprint density at radius 2 is 1.86 bits per heavy atom. The van der Waals surface area contributed by atoms with Gasteiger partial charge in [-0.15, -0.1) is 0 Å². The zero-order chi connectivity index (χ0) is 15.7. The molecule has 21 heavy (non-hydrogen) atoms. The summed E-state index contributed by atoms with van der Waals surface area (Å²) < 4.78 is 1.84. The molecular formula is C15H26N4O2. The topological polar surface area (TPSA) is 76.0 Å². The van der Waals surface area contributed by atoms with Crippen LogP contribution in [-0.4, -0.2) is 34.7 Å². The monoisotopic (exact) mass is 294 g/mol. The number of amides is 2. The second-order valence-corrected chi connectivity index (χ2v) is 6.08. The first-order chi connectivity index (χ1) is 9.89. The highest BCUT2D eigenvalue weighted by molar-refractivity contribution is 5.81. The van der Waals surface area contributed by atoms with Gasteiger partial charge in [-0.2, -0.15) is 5.10 Å². The molecule has 0 fully saturated rings. The molecule has 6 nitrogen and oxygen atoms in total. The second kappa shape index (κ2) is 8.44. The van der Waals surface area contributed by atoms with Crippen LogP contribution >= 0.6 is 0 Å². The summed E-state index contributed by atoms with van der Waals surface area (Å²) >= 11 is 0. The van der Waals surface area contributed by atoms with Crippen LogP contribution in [-0.2, 0) is 16.1 Å². The van der Waals surface area contributed by atoms with Gasteiger partial charge in [-0.25, -0.2) is 0 Å². The largest absolute Gasteiger partial charge is 0.356 e. The molecule has 0 radical (unpaired) electrons. The highest BCUT2D eigenvalue weighted by Crippen LogP contribution is 2.12. The van der Waals surface area contributed by atoms with Gasteiger partial charge in [0.1, 0.15) is 0 Å². The summed E-state index contributed by atoms with van der Waals surface area (Å²) in [6, 6.07) is 1.88. The average Bonchev–Trinajstić information content (AvgIpc) is 2.91. The van der Waals surface area contributed by atoms with E-state index in [0.29, 0.717) is 25.9 Å². The Kier molecular flexibility index (Phi) is 6.91. The number of nitrogens with zero attached hydrogens (tertiary/aromatic N) is 2. The number of aryl methyl sites for hydroxylation is 1. The predicted octanol–water partition coefficient (Wildman–Crippen LogP) is 1.33. The van der Waals surface area contributed by atoms with Crippen molar-refractivity contribution in [2.24, 2.45) is 5.41 Å². The number of nitrogens with one attached hydrogen (secondary N) is 2. The van der Waals surface area contributed by atoms with Crippen LogP contribution in [0.3, 0.4) is 0 Å². The van der Waals surface area contributed by atoms with E-state index in [1.54, 1.807) is 6.20 Å². The molecule has 2 N–H and O–H groups in total. The lowest BCUT2D eigenvalue weighted by molar-refractivity contribution is -0.128. The van der Waals surface area contributed by atoms with E-state index >= 15 is 0 Å². The molecular weight excluding hydrogens is 268 g/mol. The van der Waals surface area contributed by atoms with Crippen molar-refractivity contribution >= 4 is 11.8 Å². The molecule has 6 heteroatoms. The number of carbonyl (C=O) groups excluding carboxylic acids is 2. The standard InChI is InChI=1S/C15H26N4O2/c1-15(2,3)14(21)17-8-4-7-13(20)16-9-5-11-19-12-6-10-18-19/h6,10,12H,4-5,7-9,11H2,1-3H3,(H,16,20)(H,17,21). The second-order valence-electron chi connectivity index (χ2n) is 6.08. The van der Waals surface area contributed by atoms with Gasteiger partial charge in [0.05, 0.1) is 0 Å². The minimum Gasteiger partial charge on any atom is -0.356 e. The van der Waals surface area contributed by atoms with Crippen LogP contribution in [0.5, 0.6) is 0 Å². The highest BCUT2D eigenvalue weighted by Gasteiger charge is 2.20. The van der Waals surface area contributed by atoms with Gasteiger partial charge in [-0.1, -0.05) is 20.8 Å². The molecule has 0 aromatic carbocycles. The number of hydrogen-bond acceptors (Lipinski definition) is 3. The van der Waals surface area contributed by atoms with Crippen LogP contribution in [0.15, 0.2) is 18.5 Å². The van der Waals surface area contributed by atoms with Gasteiger partial charge in [0.25, 0.3) is 0 Å². The van der Waals surface area contributed by atoms with Gasteiger partial charge in [-0.05, 0) is 18.9 Å². The van der Waals surface area contributed by atoms with Crippen molar-refractivity contribution in [3.05, 3.63) is 18.5 Å². The third-order valence-corrected chi connectivity index (χ3v) is 2.99. The quantitative estimate of drug-likeness (QED) is 0.710. The summed E-state index contributed by atoms with van der Waals surface area (Å²) in [4.78, 5) is 23.2. The van der Waals surface area contributed by atoms with E-state index in [1.807, 2.05) is 37.7 Å². The van der Waals surface area contributed by atoms with E-state index in [-0.39, 0.29) is 17.2 Å². The van der Waals surface area contributed by atoms with Crippen molar-refractivity contribution in [1.82, 2.24) is 20.4 Å². The van der Waals surface area contributed by atoms with E-state index in [1.165, 1.54) is 0 Å². The molecule has 0 saturated heterocycles. The third-order valence-electron chi connectivity index (χ3n) is 2.99. The summed E-state index contributed by atoms with van der Waals surface area (Å²) in [5.41, 5.74) is -0.380. The van der Waals surface area contributed by atoms with Crippen LogP contribution < -0.4 is 10.6 Å². The molecule has 0 bridgehead atoms. The Labute approximate surface area is 126 Å². The Bertz CT molecular complexity index is 435. The fraction of sp³-hybridized carbons (Fsp3) is 0.667. The molecule has 118 valence electrons. The molecule has 0 aliphatic carbocycles. The summed E-state index contributed by atoms with van der Waals surface area (Å²) in [5, 5.41) is 9.80. The number of hydrogen-bond donors (Lipinski definition) is 2. The lowest BCUT2D eigenvalue weighted by atomic mass is 9.96. The molecule has 0 atom stereocenters. The van der Waals surface area contributed by atoms with Crippen LogP contribution in [0.1, 0.15) is 40.0 Å². The molecule has 1 heterocycles. The van der Waals surface area contributed by atoms with Gasteiger partial charge >= 0.3 is 0 Å². The van der Waals surface area contributed by atoms with Gasteiger partial charge in [-0.3, -0.25) is 14.3 Å². The first-order valence-corrected chi connectivity index (χ1v) is 7.42. The first-order valence-electron chi connectivity index (χ1n) is 7.42. The van der Waals surface area contributed by atoms with Crippen LogP contribution in [0.2, 0.25) is 0 Å². The number of rotatable bonds is 8. The van der Waals surface area contributed by atoms with Crippen molar-refractivity contribution in [3.63, 3.8) is 0 Å². The van der Waals surface area contributed by atoms with Crippen molar-refractivity contribution in [3.8, 4) is 0 Å². The molecule has 1 rings (SSSR count). The zero-order valence-electron chi connectivity index (χ0n) is 13.2. The Balaban J connectivity index is 2.00. The lowest BCUT2D eigenvalue weighted by Crippen LogP contribution is -2.35. The summed E-state index contributed by atoms with van der Waals surface area (Å²) in [7, 11) is 0. The van der Waals surface area contributed by atoms with Crippen LogP contribution in [0, 0.1) is 5.41 Å². The van der Waals surface area contributed by atoms with Gasteiger partial charge in [0.2, 0.25) is 11.8 Å². The average molecular weight is 294 g/mol. The van der Waals surface area contributed by atoms with Crippen LogP contribution in [0.4, 0.5) is 0 Å². The third kappa shape index (κ3) is 7.48. The van der Waals surface area contributed by atoms with Crippen molar-refractivity contribution in [1.29, 1.82) is 0 Å². The molecule has 0 aliphatic heterocycles. The fourth-order valence-corrected chi connectivity index (χ4v) is 1.71. The van der Waals surface area contributed by atoms with E-state index in [0.717, 1.165) is 13.0 Å². The Morgan fingerprint density at radius 3 is 2.48 bits per heavy atom. The molecule has 0 aliphatic rings. The van der Waals surface area contributed by atoms with Gasteiger partial charge in [0.15, 0.2) is 0 Å². The zero-order valence-corrected chi connectivity index (χ0v) is 13.2. The minimum absolute atomic E-state index is 0.0159. The number of aromatic nitrogens is 2. The lowest BCUT2D eigenvalue weighted by Gasteiger charge is -2.17. The van der Waals surface area contributed by atoms with E-state index in [4.69, 9.17) is 0 Å². The molecule has 1 aromatic heterocycles. The summed E-state index contributed by atoms with van der Waals surface area (Å²) in [6.07, 6.45) is 5.59. The fourth-order valence-electron chi connectivity index (χ4n) is 1.71. The SMILES string of the molecule is CC(C)(C)C(=O)NCCCC(=O)NCCCn1cccn1. The van der Waals surface area contributed by atoms with Gasteiger partial charge < -0.3 is 10.6 Å². The molecule has 0 unspecified atom stereocenters. The maximum atomic E-state index is 11.6. The van der Waals surface area contributed by atoms with Crippen molar-refractivity contribution < 1.29 is 9.59 Å². The molecule has 1 aromatic rings. The Hall–Kier alpha value is -1.85. The summed E-state index contributed by atoms with van der Waals surface area (Å²) in [5.74, 6) is 0.0441. The molecule has 0 spiro atoms. The van der Waals surface area contributed by atoms with Gasteiger partial charge in [0, 0.05) is 43.9 Å². The first kappa shape index (κ1) is 17.2. The highest BCUT2D eigenvalue weighted by atomic mass is 16.2. The predicted molar refractivity (Wildman–Crippen MR) is 81.6 cm³/mol. The van der Waals surface area contributed by atoms with Crippen LogP contribution in [0.25, 0.3) is 0 Å².